The second kappa shape index (κ2) is 7.28. The van der Waals surface area contributed by atoms with Crippen LogP contribution in [0.3, 0.4) is 0 Å². The fraction of sp³-hybridized carbons (Fsp3) is 0.368. The Hall–Kier alpha value is -1.80. The molecule has 2 aromatic rings. The van der Waals surface area contributed by atoms with E-state index >= 15 is 0 Å². The average molecular weight is 280 g/mol. The van der Waals surface area contributed by atoms with Gasteiger partial charge in [0.05, 0.1) is 6.67 Å². The van der Waals surface area contributed by atoms with E-state index in [0.717, 1.165) is 12.6 Å². The van der Waals surface area contributed by atoms with Crippen molar-refractivity contribution in [1.29, 1.82) is 0 Å². The molecule has 2 heteroatoms. The molecule has 0 unspecified atom stereocenters. The highest BCUT2D eigenvalue weighted by Crippen LogP contribution is 2.21. The molecule has 2 nitrogen and oxygen atoms in total. The zero-order valence-corrected chi connectivity index (χ0v) is 12.5. The van der Waals surface area contributed by atoms with Gasteiger partial charge < -0.3 is 5.32 Å². The molecule has 1 heterocycles. The van der Waals surface area contributed by atoms with Gasteiger partial charge in [0.2, 0.25) is 0 Å². The molecule has 1 fully saturated rings. The summed E-state index contributed by atoms with van der Waals surface area (Å²) in [5.74, 6) is 0.848. The first-order valence-corrected chi connectivity index (χ1v) is 7.95. The summed E-state index contributed by atoms with van der Waals surface area (Å²) in [5.41, 5.74) is 2.70. The van der Waals surface area contributed by atoms with Crippen LogP contribution in [0, 0.1) is 5.92 Å². The van der Waals surface area contributed by atoms with Gasteiger partial charge in [0.1, 0.15) is 0 Å². The van der Waals surface area contributed by atoms with Crippen molar-refractivity contribution in [2.75, 3.05) is 25.1 Å². The third kappa shape index (κ3) is 4.33. The van der Waals surface area contributed by atoms with Crippen LogP contribution in [0.2, 0.25) is 0 Å². The van der Waals surface area contributed by atoms with Gasteiger partial charge >= 0.3 is 0 Å². The molecule has 1 aliphatic rings. The van der Waals surface area contributed by atoms with Crippen molar-refractivity contribution >= 4 is 5.69 Å². The predicted octanol–water partition coefficient (Wildman–Crippen LogP) is 4.01. The van der Waals surface area contributed by atoms with Gasteiger partial charge in [-0.3, -0.25) is 4.90 Å². The monoisotopic (exact) mass is 280 g/mol. The molecule has 0 atom stereocenters. The molecule has 0 bridgehead atoms. The molecule has 3 rings (SSSR count). The maximum atomic E-state index is 3.50. The predicted molar refractivity (Wildman–Crippen MR) is 89.4 cm³/mol. The maximum absolute atomic E-state index is 3.50. The largest absolute Gasteiger partial charge is 0.372 e. The lowest BCUT2D eigenvalue weighted by Gasteiger charge is -2.32. The molecule has 0 spiro atoms. The number of nitrogens with one attached hydrogen (secondary N) is 1. The first-order valence-electron chi connectivity index (χ1n) is 7.95. The molecular formula is C19H24N2. The van der Waals surface area contributed by atoms with Crippen molar-refractivity contribution in [1.82, 2.24) is 4.90 Å². The molecule has 0 saturated carbocycles. The first kappa shape index (κ1) is 14.2. The van der Waals surface area contributed by atoms with E-state index in [1.807, 2.05) is 0 Å². The van der Waals surface area contributed by atoms with Crippen molar-refractivity contribution in [3.05, 3.63) is 66.2 Å². The van der Waals surface area contributed by atoms with E-state index in [9.17, 15) is 0 Å². The van der Waals surface area contributed by atoms with Gasteiger partial charge in [-0.25, -0.2) is 0 Å². The molecule has 110 valence electrons. The van der Waals surface area contributed by atoms with E-state index in [4.69, 9.17) is 0 Å². The number of anilines is 1. The van der Waals surface area contributed by atoms with E-state index in [1.54, 1.807) is 0 Å². The molecule has 0 aliphatic carbocycles. The highest BCUT2D eigenvalue weighted by molar-refractivity contribution is 5.42. The fourth-order valence-electron chi connectivity index (χ4n) is 3.06. The van der Waals surface area contributed by atoms with Crippen LogP contribution in [0.4, 0.5) is 5.69 Å². The number of nitrogens with zero attached hydrogens (tertiary/aromatic N) is 1. The molecule has 1 aliphatic heterocycles. The van der Waals surface area contributed by atoms with Crippen molar-refractivity contribution in [3.8, 4) is 0 Å². The topological polar surface area (TPSA) is 15.3 Å². The molecule has 0 radical (unpaired) electrons. The van der Waals surface area contributed by atoms with Crippen LogP contribution in [0.1, 0.15) is 18.4 Å². The SMILES string of the molecule is c1ccc(CC2CCN(CNc3ccccc3)CC2)cc1. The summed E-state index contributed by atoms with van der Waals surface area (Å²) in [6.45, 7) is 3.37. The van der Waals surface area contributed by atoms with Crippen molar-refractivity contribution < 1.29 is 0 Å². The van der Waals surface area contributed by atoms with Gasteiger partial charge in [-0.2, -0.15) is 0 Å². The van der Waals surface area contributed by atoms with E-state index in [2.05, 4.69) is 70.9 Å². The summed E-state index contributed by atoms with van der Waals surface area (Å²) in [4.78, 5) is 2.52. The normalized spacial score (nSPS) is 16.8. The van der Waals surface area contributed by atoms with Crippen LogP contribution in [-0.2, 0) is 6.42 Å². The van der Waals surface area contributed by atoms with Crippen LogP contribution < -0.4 is 5.32 Å². The fourth-order valence-corrected chi connectivity index (χ4v) is 3.06. The summed E-state index contributed by atoms with van der Waals surface area (Å²) in [6.07, 6.45) is 3.86. The lowest BCUT2D eigenvalue weighted by atomic mass is 9.90. The van der Waals surface area contributed by atoms with E-state index in [1.165, 1.54) is 43.6 Å². The summed E-state index contributed by atoms with van der Waals surface area (Å²) >= 11 is 0. The lowest BCUT2D eigenvalue weighted by Crippen LogP contribution is -2.37. The Morgan fingerprint density at radius 1 is 0.857 bits per heavy atom. The number of hydrogen-bond donors (Lipinski definition) is 1. The minimum absolute atomic E-state index is 0.848. The highest BCUT2D eigenvalue weighted by atomic mass is 15.2. The van der Waals surface area contributed by atoms with Gasteiger partial charge in [0.25, 0.3) is 0 Å². The Labute approximate surface area is 127 Å². The number of rotatable bonds is 5. The van der Waals surface area contributed by atoms with Crippen LogP contribution >= 0.6 is 0 Å². The zero-order valence-electron chi connectivity index (χ0n) is 12.5. The van der Waals surface area contributed by atoms with E-state index in [-0.39, 0.29) is 0 Å². The Kier molecular flexibility index (Phi) is 4.90. The number of likely N-dealkylation sites (tertiary alicyclic amines) is 1. The Morgan fingerprint density at radius 2 is 1.48 bits per heavy atom. The van der Waals surface area contributed by atoms with Crippen LogP contribution in [0.25, 0.3) is 0 Å². The molecular weight excluding hydrogens is 256 g/mol. The molecule has 1 N–H and O–H groups in total. The van der Waals surface area contributed by atoms with E-state index in [0.29, 0.717) is 0 Å². The minimum Gasteiger partial charge on any atom is -0.372 e. The van der Waals surface area contributed by atoms with Crippen LogP contribution in [-0.4, -0.2) is 24.7 Å². The number of benzene rings is 2. The second-order valence-corrected chi connectivity index (χ2v) is 5.95. The van der Waals surface area contributed by atoms with Crippen molar-refractivity contribution in [2.24, 2.45) is 5.92 Å². The minimum atomic E-state index is 0.848. The third-order valence-corrected chi connectivity index (χ3v) is 4.35. The Morgan fingerprint density at radius 3 is 2.14 bits per heavy atom. The van der Waals surface area contributed by atoms with Crippen molar-refractivity contribution in [3.63, 3.8) is 0 Å². The maximum Gasteiger partial charge on any atom is 0.0678 e. The molecule has 0 aromatic heterocycles. The van der Waals surface area contributed by atoms with Crippen LogP contribution in [0.5, 0.6) is 0 Å². The third-order valence-electron chi connectivity index (χ3n) is 4.35. The van der Waals surface area contributed by atoms with Gasteiger partial charge in [-0.05, 0) is 42.9 Å². The lowest BCUT2D eigenvalue weighted by molar-refractivity contribution is 0.195. The van der Waals surface area contributed by atoms with Gasteiger partial charge in [-0.1, -0.05) is 48.5 Å². The molecule has 1 saturated heterocycles. The van der Waals surface area contributed by atoms with Crippen molar-refractivity contribution in [2.45, 2.75) is 19.3 Å². The summed E-state index contributed by atoms with van der Waals surface area (Å²) in [5, 5.41) is 3.50. The van der Waals surface area contributed by atoms with E-state index < -0.39 is 0 Å². The first-order chi connectivity index (χ1) is 10.4. The quantitative estimate of drug-likeness (QED) is 0.890. The summed E-state index contributed by atoms with van der Waals surface area (Å²) in [7, 11) is 0. The Balaban J connectivity index is 1.41. The van der Waals surface area contributed by atoms with Gasteiger partial charge in [0, 0.05) is 18.8 Å². The average Bonchev–Trinajstić information content (AvgIpc) is 2.56. The number of piperidine rings is 1. The summed E-state index contributed by atoms with van der Waals surface area (Å²) < 4.78 is 0. The van der Waals surface area contributed by atoms with Crippen LogP contribution in [0.15, 0.2) is 60.7 Å². The number of hydrogen-bond acceptors (Lipinski definition) is 2. The Bertz CT molecular complexity index is 516. The molecule has 0 amide bonds. The number of para-hydroxylation sites is 1. The molecule has 2 aromatic carbocycles. The second-order valence-electron chi connectivity index (χ2n) is 5.95. The zero-order chi connectivity index (χ0) is 14.3. The highest BCUT2D eigenvalue weighted by Gasteiger charge is 2.18. The molecule has 21 heavy (non-hydrogen) atoms. The smallest absolute Gasteiger partial charge is 0.0678 e. The van der Waals surface area contributed by atoms with Gasteiger partial charge in [-0.15, -0.1) is 0 Å². The summed E-state index contributed by atoms with van der Waals surface area (Å²) in [6, 6.07) is 21.4. The van der Waals surface area contributed by atoms with Gasteiger partial charge in [0.15, 0.2) is 0 Å². The standard InChI is InChI=1S/C19H24N2/c1-3-7-17(8-4-1)15-18-11-13-21(14-12-18)16-20-19-9-5-2-6-10-19/h1-10,18,20H,11-16H2.